The molecule has 31 heavy (non-hydrogen) atoms. The topological polar surface area (TPSA) is 22.1 Å². The Morgan fingerprint density at radius 1 is 0.613 bits per heavy atom. The third-order valence-electron chi connectivity index (χ3n) is 5.25. The number of ether oxygens (including phenoxy) is 1. The summed E-state index contributed by atoms with van der Waals surface area (Å²) in [5.41, 5.74) is 5.51. The summed E-state index contributed by atoms with van der Waals surface area (Å²) in [5, 5.41) is 2.05. The molecular weight excluding hydrogens is 398 g/mol. The first-order chi connectivity index (χ1) is 15.3. The lowest BCUT2D eigenvalue weighted by atomic mass is 9.92. The number of rotatable bonds is 5. The lowest BCUT2D eigenvalue weighted by Crippen LogP contribution is -1.97. The number of aromatic nitrogens is 1. The normalized spacial score (nSPS) is 10.9. The van der Waals surface area contributed by atoms with Crippen molar-refractivity contribution >= 4 is 22.7 Å². The largest absolute Gasteiger partial charge is 0.494 e. The van der Waals surface area contributed by atoms with Crippen LogP contribution in [-0.4, -0.2) is 12.1 Å². The van der Waals surface area contributed by atoms with Gasteiger partial charge in [-0.15, -0.1) is 0 Å². The smallest absolute Gasteiger partial charge is 0.145 e. The van der Waals surface area contributed by atoms with Crippen LogP contribution in [0.3, 0.4) is 0 Å². The van der Waals surface area contributed by atoms with Gasteiger partial charge < -0.3 is 4.74 Å². The highest BCUT2D eigenvalue weighted by atomic mass is 32.2. The Balaban J connectivity index is 1.90. The zero-order valence-electron chi connectivity index (χ0n) is 17.2. The van der Waals surface area contributed by atoms with Crippen LogP contribution >= 0.6 is 11.8 Å². The number of benzene rings is 4. The average Bonchev–Trinajstić information content (AvgIpc) is 2.84. The fourth-order valence-corrected chi connectivity index (χ4v) is 4.83. The van der Waals surface area contributed by atoms with Crippen LogP contribution < -0.4 is 4.74 Å². The molecule has 0 saturated carbocycles. The van der Waals surface area contributed by atoms with E-state index in [9.17, 15) is 0 Å². The van der Waals surface area contributed by atoms with Crippen molar-refractivity contribution < 1.29 is 4.74 Å². The van der Waals surface area contributed by atoms with E-state index in [1.165, 1.54) is 5.56 Å². The predicted molar refractivity (Wildman–Crippen MR) is 130 cm³/mol. The molecular formula is C28H21NOS. The van der Waals surface area contributed by atoms with Gasteiger partial charge in [0.2, 0.25) is 0 Å². The molecule has 4 aromatic carbocycles. The van der Waals surface area contributed by atoms with Gasteiger partial charge in [-0.25, -0.2) is 4.98 Å². The fraction of sp³-hybridized carbons (Fsp3) is 0.0357. The van der Waals surface area contributed by atoms with Gasteiger partial charge in [0.15, 0.2) is 0 Å². The van der Waals surface area contributed by atoms with Crippen LogP contribution in [0.5, 0.6) is 5.75 Å². The molecule has 0 amide bonds. The van der Waals surface area contributed by atoms with Crippen molar-refractivity contribution in [3.8, 4) is 28.0 Å². The van der Waals surface area contributed by atoms with Crippen LogP contribution in [0.25, 0.3) is 33.2 Å². The van der Waals surface area contributed by atoms with Crippen LogP contribution in [0.1, 0.15) is 0 Å². The Morgan fingerprint density at radius 2 is 1.19 bits per heavy atom. The van der Waals surface area contributed by atoms with Crippen molar-refractivity contribution in [3.05, 3.63) is 109 Å². The van der Waals surface area contributed by atoms with Gasteiger partial charge in [0.1, 0.15) is 16.3 Å². The average molecular weight is 420 g/mol. The Kier molecular flexibility index (Phi) is 5.42. The third-order valence-corrected chi connectivity index (χ3v) is 6.24. The van der Waals surface area contributed by atoms with E-state index in [4.69, 9.17) is 9.72 Å². The van der Waals surface area contributed by atoms with E-state index in [0.29, 0.717) is 0 Å². The minimum Gasteiger partial charge on any atom is -0.494 e. The van der Waals surface area contributed by atoms with Gasteiger partial charge in [0.25, 0.3) is 0 Å². The zero-order valence-corrected chi connectivity index (χ0v) is 18.0. The van der Waals surface area contributed by atoms with E-state index in [0.717, 1.165) is 43.3 Å². The molecule has 0 atom stereocenters. The van der Waals surface area contributed by atoms with Crippen LogP contribution in [0.4, 0.5) is 0 Å². The molecule has 0 aliphatic rings. The second kappa shape index (κ2) is 8.66. The lowest BCUT2D eigenvalue weighted by molar-refractivity contribution is 0.418. The second-order valence-electron chi connectivity index (χ2n) is 7.17. The summed E-state index contributed by atoms with van der Waals surface area (Å²) in [4.78, 5) is 6.29. The Bertz CT molecular complexity index is 1320. The van der Waals surface area contributed by atoms with Crippen LogP contribution in [0, 0.1) is 0 Å². The first kappa shape index (κ1) is 19.4. The molecule has 0 unspecified atom stereocenters. The van der Waals surface area contributed by atoms with E-state index in [-0.39, 0.29) is 0 Å². The number of hydrogen-bond donors (Lipinski definition) is 0. The summed E-state index contributed by atoms with van der Waals surface area (Å²) in [7, 11) is 1.70. The van der Waals surface area contributed by atoms with Gasteiger partial charge in [0, 0.05) is 21.4 Å². The van der Waals surface area contributed by atoms with Crippen LogP contribution in [0.2, 0.25) is 0 Å². The van der Waals surface area contributed by atoms with Gasteiger partial charge in [-0.2, -0.15) is 0 Å². The number of nitrogens with zero attached hydrogens (tertiary/aromatic N) is 1. The van der Waals surface area contributed by atoms with E-state index < -0.39 is 0 Å². The summed E-state index contributed by atoms with van der Waals surface area (Å²) >= 11 is 1.69. The first-order valence-electron chi connectivity index (χ1n) is 10.2. The fourth-order valence-electron chi connectivity index (χ4n) is 3.85. The Hall–Kier alpha value is -3.56. The van der Waals surface area contributed by atoms with Crippen LogP contribution in [-0.2, 0) is 0 Å². The molecule has 0 aliphatic carbocycles. The van der Waals surface area contributed by atoms with Gasteiger partial charge in [0.05, 0.1) is 7.11 Å². The monoisotopic (exact) mass is 419 g/mol. The summed E-state index contributed by atoms with van der Waals surface area (Å²) in [5.74, 6) is 0.782. The number of fused-ring (bicyclic) bond motifs is 1. The Morgan fingerprint density at radius 3 is 1.81 bits per heavy atom. The lowest BCUT2D eigenvalue weighted by Gasteiger charge is -2.19. The molecule has 1 aromatic heterocycles. The molecule has 5 aromatic rings. The van der Waals surface area contributed by atoms with E-state index in [2.05, 4.69) is 84.9 Å². The highest BCUT2D eigenvalue weighted by Gasteiger charge is 2.20. The predicted octanol–water partition coefficient (Wildman–Crippen LogP) is 7.73. The number of hydrogen-bond acceptors (Lipinski definition) is 3. The summed E-state index contributed by atoms with van der Waals surface area (Å²) < 4.78 is 5.70. The van der Waals surface area contributed by atoms with Gasteiger partial charge in [-0.05, 0) is 29.3 Å². The van der Waals surface area contributed by atoms with Crippen molar-refractivity contribution in [1.82, 2.24) is 4.98 Å². The standard InChI is InChI=1S/C28H21NOS/c1-30-24-19-11-18-23-25(20-12-5-2-6-13-20)26(21-14-7-3-8-15-21)28(29-27(23)24)31-22-16-9-4-10-17-22/h2-19H,1H3. The molecule has 0 fully saturated rings. The van der Waals surface area contributed by atoms with Crippen LogP contribution in [0.15, 0.2) is 119 Å². The first-order valence-corrected chi connectivity index (χ1v) is 11.0. The SMILES string of the molecule is COc1cccc2c(-c3ccccc3)c(-c3ccccc3)c(Sc3ccccc3)nc12. The maximum Gasteiger partial charge on any atom is 0.145 e. The highest BCUT2D eigenvalue weighted by molar-refractivity contribution is 7.99. The zero-order chi connectivity index (χ0) is 21.0. The van der Waals surface area contributed by atoms with Gasteiger partial charge >= 0.3 is 0 Å². The number of para-hydroxylation sites is 1. The molecule has 0 radical (unpaired) electrons. The highest BCUT2D eigenvalue weighted by Crippen LogP contribution is 2.45. The molecule has 3 heteroatoms. The van der Waals surface area contributed by atoms with Gasteiger partial charge in [-0.3, -0.25) is 0 Å². The summed E-state index contributed by atoms with van der Waals surface area (Å²) in [6, 6.07) is 37.6. The summed E-state index contributed by atoms with van der Waals surface area (Å²) in [6.07, 6.45) is 0. The quantitative estimate of drug-likeness (QED) is 0.291. The molecule has 150 valence electrons. The number of pyridine rings is 1. The minimum atomic E-state index is 0.782. The summed E-state index contributed by atoms with van der Waals surface area (Å²) in [6.45, 7) is 0. The van der Waals surface area contributed by atoms with Gasteiger partial charge in [-0.1, -0.05) is 103 Å². The molecule has 1 heterocycles. The van der Waals surface area contributed by atoms with Crippen molar-refractivity contribution in [2.75, 3.05) is 7.11 Å². The molecule has 0 spiro atoms. The molecule has 0 N–H and O–H groups in total. The maximum absolute atomic E-state index is 5.70. The minimum absolute atomic E-state index is 0.782. The maximum atomic E-state index is 5.70. The molecule has 0 bridgehead atoms. The molecule has 0 aliphatic heterocycles. The molecule has 5 rings (SSSR count). The van der Waals surface area contributed by atoms with Crippen molar-refractivity contribution in [2.45, 2.75) is 9.92 Å². The van der Waals surface area contributed by atoms with Crippen molar-refractivity contribution in [3.63, 3.8) is 0 Å². The van der Waals surface area contributed by atoms with Crippen molar-refractivity contribution in [2.24, 2.45) is 0 Å². The van der Waals surface area contributed by atoms with E-state index >= 15 is 0 Å². The third kappa shape index (κ3) is 3.80. The number of methoxy groups -OCH3 is 1. The second-order valence-corrected chi connectivity index (χ2v) is 8.23. The van der Waals surface area contributed by atoms with E-state index in [1.54, 1.807) is 18.9 Å². The molecule has 2 nitrogen and oxygen atoms in total. The van der Waals surface area contributed by atoms with E-state index in [1.807, 2.05) is 24.3 Å². The molecule has 0 saturated heterocycles. The van der Waals surface area contributed by atoms with Crippen molar-refractivity contribution in [1.29, 1.82) is 0 Å². The Labute approximate surface area is 186 Å².